The van der Waals surface area contributed by atoms with Crippen LogP contribution in [0.15, 0.2) is 42.0 Å². The molecule has 1 saturated carbocycles. The molecule has 0 N–H and O–H groups in total. The van der Waals surface area contributed by atoms with E-state index in [0.29, 0.717) is 13.2 Å². The Balaban J connectivity index is 1.49. The van der Waals surface area contributed by atoms with Gasteiger partial charge in [0.15, 0.2) is 0 Å². The standard InChI is InChI=1S/C17H18N2O3S/c20-17(15-4-2-10-23-15)19-8-9-21-16-13(19)5-6-14(16)22-12-3-1-7-18-11-12/h1-4,7,10-11,13-14,16H,5-6,8-9H2/t13-,14-,16+/m1/s1. The Hall–Kier alpha value is -1.92. The quantitative estimate of drug-likeness (QED) is 0.868. The highest BCUT2D eigenvalue weighted by Crippen LogP contribution is 2.34. The Morgan fingerprint density at radius 3 is 3.09 bits per heavy atom. The van der Waals surface area contributed by atoms with Gasteiger partial charge in [-0.05, 0) is 36.4 Å². The first-order valence-corrected chi connectivity index (χ1v) is 8.73. The van der Waals surface area contributed by atoms with Gasteiger partial charge in [-0.25, -0.2) is 0 Å². The fourth-order valence-corrected chi connectivity index (χ4v) is 4.11. The molecule has 0 spiro atoms. The van der Waals surface area contributed by atoms with E-state index in [2.05, 4.69) is 4.98 Å². The van der Waals surface area contributed by atoms with Crippen LogP contribution in [0.3, 0.4) is 0 Å². The number of hydrogen-bond donors (Lipinski definition) is 0. The topological polar surface area (TPSA) is 51.7 Å². The Morgan fingerprint density at radius 1 is 1.35 bits per heavy atom. The van der Waals surface area contributed by atoms with Crippen molar-refractivity contribution in [2.75, 3.05) is 13.2 Å². The number of nitrogens with zero attached hydrogens (tertiary/aromatic N) is 2. The number of thiophene rings is 1. The zero-order valence-electron chi connectivity index (χ0n) is 12.6. The Labute approximate surface area is 138 Å². The number of carbonyl (C=O) groups is 1. The largest absolute Gasteiger partial charge is 0.486 e. The van der Waals surface area contributed by atoms with Gasteiger partial charge in [0.2, 0.25) is 0 Å². The van der Waals surface area contributed by atoms with Crippen LogP contribution in [-0.4, -0.2) is 47.2 Å². The van der Waals surface area contributed by atoms with Gasteiger partial charge in [-0.1, -0.05) is 6.07 Å². The summed E-state index contributed by atoms with van der Waals surface area (Å²) in [5, 5.41) is 1.94. The van der Waals surface area contributed by atoms with E-state index in [1.54, 1.807) is 12.4 Å². The predicted molar refractivity (Wildman–Crippen MR) is 86.8 cm³/mol. The Bertz CT molecular complexity index is 662. The van der Waals surface area contributed by atoms with E-state index in [9.17, 15) is 4.79 Å². The van der Waals surface area contributed by atoms with Crippen LogP contribution in [0.4, 0.5) is 0 Å². The average molecular weight is 330 g/mol. The molecule has 0 unspecified atom stereocenters. The molecule has 4 rings (SSSR count). The molecule has 120 valence electrons. The summed E-state index contributed by atoms with van der Waals surface area (Å²) < 4.78 is 12.0. The van der Waals surface area contributed by atoms with Crippen molar-refractivity contribution in [2.24, 2.45) is 0 Å². The highest BCUT2D eigenvalue weighted by molar-refractivity contribution is 7.12. The number of rotatable bonds is 3. The van der Waals surface area contributed by atoms with Crippen LogP contribution in [0.5, 0.6) is 5.75 Å². The number of amides is 1. The smallest absolute Gasteiger partial charge is 0.264 e. The number of ether oxygens (including phenoxy) is 2. The molecular weight excluding hydrogens is 312 g/mol. The monoisotopic (exact) mass is 330 g/mol. The van der Waals surface area contributed by atoms with Crippen LogP contribution in [0.2, 0.25) is 0 Å². The van der Waals surface area contributed by atoms with Crippen molar-refractivity contribution < 1.29 is 14.3 Å². The summed E-state index contributed by atoms with van der Waals surface area (Å²) in [7, 11) is 0. The molecule has 2 aliphatic rings. The van der Waals surface area contributed by atoms with E-state index < -0.39 is 0 Å². The van der Waals surface area contributed by atoms with Crippen molar-refractivity contribution in [2.45, 2.75) is 31.1 Å². The average Bonchev–Trinajstić information content (AvgIpc) is 3.25. The van der Waals surface area contributed by atoms with Gasteiger partial charge in [0.25, 0.3) is 5.91 Å². The molecule has 2 aromatic rings. The van der Waals surface area contributed by atoms with Crippen LogP contribution in [0.1, 0.15) is 22.5 Å². The first-order chi connectivity index (χ1) is 11.3. The van der Waals surface area contributed by atoms with E-state index in [0.717, 1.165) is 23.5 Å². The summed E-state index contributed by atoms with van der Waals surface area (Å²) >= 11 is 1.49. The molecule has 0 aromatic carbocycles. The fourth-order valence-electron chi connectivity index (χ4n) is 3.43. The van der Waals surface area contributed by atoms with Gasteiger partial charge in [-0.3, -0.25) is 9.78 Å². The van der Waals surface area contributed by atoms with Crippen molar-refractivity contribution in [3.05, 3.63) is 46.9 Å². The minimum Gasteiger partial charge on any atom is -0.486 e. The number of hydrogen-bond acceptors (Lipinski definition) is 5. The zero-order chi connectivity index (χ0) is 15.6. The molecule has 3 atom stereocenters. The highest BCUT2D eigenvalue weighted by atomic mass is 32.1. The lowest BCUT2D eigenvalue weighted by Crippen LogP contribution is -2.54. The third kappa shape index (κ3) is 2.84. The van der Waals surface area contributed by atoms with Crippen LogP contribution in [0.25, 0.3) is 0 Å². The first kappa shape index (κ1) is 14.7. The molecule has 0 bridgehead atoms. The van der Waals surface area contributed by atoms with Crippen LogP contribution in [-0.2, 0) is 4.74 Å². The van der Waals surface area contributed by atoms with E-state index in [1.165, 1.54) is 11.3 Å². The van der Waals surface area contributed by atoms with Crippen LogP contribution < -0.4 is 4.74 Å². The van der Waals surface area contributed by atoms with E-state index in [-0.39, 0.29) is 24.2 Å². The third-order valence-electron chi connectivity index (χ3n) is 4.45. The van der Waals surface area contributed by atoms with Crippen LogP contribution >= 0.6 is 11.3 Å². The molecule has 23 heavy (non-hydrogen) atoms. The molecule has 5 nitrogen and oxygen atoms in total. The molecule has 2 aromatic heterocycles. The number of fused-ring (bicyclic) bond motifs is 1. The lowest BCUT2D eigenvalue weighted by atomic mass is 10.1. The van der Waals surface area contributed by atoms with Gasteiger partial charge in [0, 0.05) is 12.7 Å². The fraction of sp³-hybridized carbons (Fsp3) is 0.412. The zero-order valence-corrected chi connectivity index (χ0v) is 13.4. The van der Waals surface area contributed by atoms with E-state index in [1.807, 2.05) is 34.5 Å². The van der Waals surface area contributed by atoms with Gasteiger partial charge >= 0.3 is 0 Å². The summed E-state index contributed by atoms with van der Waals surface area (Å²) in [6.45, 7) is 1.21. The van der Waals surface area contributed by atoms with Crippen molar-refractivity contribution in [3.63, 3.8) is 0 Å². The second kappa shape index (κ2) is 6.29. The first-order valence-electron chi connectivity index (χ1n) is 7.86. The van der Waals surface area contributed by atoms with Gasteiger partial charge in [-0.15, -0.1) is 11.3 Å². The summed E-state index contributed by atoms with van der Waals surface area (Å²) in [4.78, 5) is 19.5. The predicted octanol–water partition coefficient (Wildman–Crippen LogP) is 2.59. The van der Waals surface area contributed by atoms with Crippen molar-refractivity contribution in [3.8, 4) is 5.75 Å². The van der Waals surface area contributed by atoms with Gasteiger partial charge < -0.3 is 14.4 Å². The second-order valence-electron chi connectivity index (χ2n) is 5.80. The van der Waals surface area contributed by atoms with Gasteiger partial charge in [0.05, 0.1) is 23.7 Å². The summed E-state index contributed by atoms with van der Waals surface area (Å²) in [5.41, 5.74) is 0. The molecule has 1 aliphatic carbocycles. The Morgan fingerprint density at radius 2 is 2.30 bits per heavy atom. The number of pyridine rings is 1. The van der Waals surface area contributed by atoms with E-state index in [4.69, 9.17) is 9.47 Å². The van der Waals surface area contributed by atoms with Crippen molar-refractivity contribution >= 4 is 17.2 Å². The SMILES string of the molecule is O=C(c1cccs1)N1CCO[C@H]2[C@H]1CC[C@H]2Oc1cccnc1. The second-order valence-corrected chi connectivity index (χ2v) is 6.75. The highest BCUT2D eigenvalue weighted by Gasteiger charge is 2.45. The third-order valence-corrected chi connectivity index (χ3v) is 5.31. The summed E-state index contributed by atoms with van der Waals surface area (Å²) in [5.74, 6) is 0.865. The minimum absolute atomic E-state index is 0.0249. The molecule has 6 heteroatoms. The molecule has 1 saturated heterocycles. The molecule has 0 radical (unpaired) electrons. The normalized spacial score (nSPS) is 26.8. The maximum Gasteiger partial charge on any atom is 0.264 e. The lowest BCUT2D eigenvalue weighted by molar-refractivity contribution is -0.0785. The molecule has 1 aliphatic heterocycles. The minimum atomic E-state index is -0.0622. The molecular formula is C17H18N2O3S. The number of aromatic nitrogens is 1. The molecule has 3 heterocycles. The maximum atomic E-state index is 12.7. The molecule has 2 fully saturated rings. The van der Waals surface area contributed by atoms with Crippen molar-refractivity contribution in [1.82, 2.24) is 9.88 Å². The number of carbonyl (C=O) groups excluding carboxylic acids is 1. The van der Waals surface area contributed by atoms with Gasteiger partial charge in [-0.2, -0.15) is 0 Å². The maximum absolute atomic E-state index is 12.7. The van der Waals surface area contributed by atoms with Crippen LogP contribution in [0, 0.1) is 0 Å². The molecule has 1 amide bonds. The summed E-state index contributed by atoms with van der Waals surface area (Å²) in [6.07, 6.45) is 5.15. The van der Waals surface area contributed by atoms with Crippen molar-refractivity contribution in [1.29, 1.82) is 0 Å². The van der Waals surface area contributed by atoms with E-state index >= 15 is 0 Å². The number of morpholine rings is 1. The Kier molecular flexibility index (Phi) is 4.01. The lowest BCUT2D eigenvalue weighted by Gasteiger charge is -2.38. The van der Waals surface area contributed by atoms with Gasteiger partial charge in [0.1, 0.15) is 18.0 Å². The summed E-state index contributed by atoms with van der Waals surface area (Å²) in [6, 6.07) is 7.66.